The second-order valence-electron chi connectivity index (χ2n) is 3.73. The van der Waals surface area contributed by atoms with Crippen molar-refractivity contribution in [3.8, 4) is 0 Å². The van der Waals surface area contributed by atoms with E-state index in [4.69, 9.17) is 9.15 Å². The molecule has 0 aliphatic carbocycles. The van der Waals surface area contributed by atoms with Crippen LogP contribution >= 0.6 is 0 Å². The largest absolute Gasteiger partial charge is 0.469 e. The number of hydrogen-bond donors (Lipinski definition) is 1. The Bertz CT molecular complexity index is 252. The number of hydrogen-bond acceptors (Lipinski definition) is 3. The van der Waals surface area contributed by atoms with Crippen LogP contribution in [0.5, 0.6) is 0 Å². The lowest BCUT2D eigenvalue weighted by atomic mass is 10.0. The molecule has 1 aliphatic heterocycles. The predicted octanol–water partition coefficient (Wildman–Crippen LogP) is 1.59. The maximum atomic E-state index is 5.65. The molecule has 0 radical (unpaired) electrons. The third-order valence-electron chi connectivity index (χ3n) is 2.79. The van der Waals surface area contributed by atoms with Gasteiger partial charge in [0.25, 0.3) is 0 Å². The average molecular weight is 195 g/mol. The first kappa shape index (κ1) is 9.74. The van der Waals surface area contributed by atoms with Crippen LogP contribution in [0.3, 0.4) is 0 Å². The van der Waals surface area contributed by atoms with Gasteiger partial charge >= 0.3 is 0 Å². The Morgan fingerprint density at radius 2 is 2.57 bits per heavy atom. The number of furan rings is 1. The van der Waals surface area contributed by atoms with E-state index in [0.29, 0.717) is 12.1 Å². The van der Waals surface area contributed by atoms with Crippen molar-refractivity contribution < 1.29 is 9.15 Å². The van der Waals surface area contributed by atoms with E-state index in [-0.39, 0.29) is 0 Å². The first-order valence-corrected chi connectivity index (χ1v) is 5.21. The molecule has 1 N–H and O–H groups in total. The Hall–Kier alpha value is -0.800. The summed E-state index contributed by atoms with van der Waals surface area (Å²) in [7, 11) is 1.98. The summed E-state index contributed by atoms with van der Waals surface area (Å²) in [5.74, 6) is 1.03. The molecule has 14 heavy (non-hydrogen) atoms. The number of nitrogens with one attached hydrogen (secondary N) is 1. The van der Waals surface area contributed by atoms with Crippen molar-refractivity contribution in [2.24, 2.45) is 0 Å². The summed E-state index contributed by atoms with van der Waals surface area (Å²) in [5.41, 5.74) is 0. The van der Waals surface area contributed by atoms with Gasteiger partial charge in [-0.3, -0.25) is 0 Å². The fraction of sp³-hybridized carbons (Fsp3) is 0.636. The Balaban J connectivity index is 1.92. The van der Waals surface area contributed by atoms with Gasteiger partial charge in [0.1, 0.15) is 5.76 Å². The van der Waals surface area contributed by atoms with Gasteiger partial charge in [0, 0.05) is 19.1 Å². The van der Waals surface area contributed by atoms with Crippen molar-refractivity contribution in [2.75, 3.05) is 13.7 Å². The molecular formula is C11H17NO2. The predicted molar refractivity (Wildman–Crippen MR) is 54.2 cm³/mol. The molecule has 0 aromatic carbocycles. The fourth-order valence-electron chi connectivity index (χ4n) is 1.98. The van der Waals surface area contributed by atoms with Crippen molar-refractivity contribution in [1.82, 2.24) is 5.32 Å². The zero-order chi connectivity index (χ0) is 9.80. The van der Waals surface area contributed by atoms with Crippen LogP contribution < -0.4 is 5.32 Å². The van der Waals surface area contributed by atoms with Gasteiger partial charge in [-0.2, -0.15) is 0 Å². The highest BCUT2D eigenvalue weighted by molar-refractivity contribution is 5.01. The van der Waals surface area contributed by atoms with Gasteiger partial charge in [0.2, 0.25) is 0 Å². The molecule has 78 valence electrons. The molecule has 1 aliphatic rings. The van der Waals surface area contributed by atoms with Gasteiger partial charge in [0.15, 0.2) is 0 Å². The van der Waals surface area contributed by atoms with E-state index < -0.39 is 0 Å². The summed E-state index contributed by atoms with van der Waals surface area (Å²) in [6, 6.07) is 4.32. The molecule has 2 heterocycles. The number of likely N-dealkylation sites (N-methyl/N-ethyl adjacent to an activating group) is 1. The summed E-state index contributed by atoms with van der Waals surface area (Å²) in [6.45, 7) is 0.904. The Morgan fingerprint density at radius 1 is 1.64 bits per heavy atom. The van der Waals surface area contributed by atoms with Crippen LogP contribution in [0.2, 0.25) is 0 Å². The maximum Gasteiger partial charge on any atom is 0.105 e. The molecule has 1 aromatic heterocycles. The van der Waals surface area contributed by atoms with Crippen molar-refractivity contribution in [3.05, 3.63) is 24.2 Å². The van der Waals surface area contributed by atoms with Crippen LogP contribution in [0.1, 0.15) is 18.6 Å². The van der Waals surface area contributed by atoms with E-state index in [1.165, 1.54) is 6.42 Å². The lowest BCUT2D eigenvalue weighted by Gasteiger charge is -2.21. The minimum Gasteiger partial charge on any atom is -0.469 e. The van der Waals surface area contributed by atoms with E-state index in [1.807, 2.05) is 19.2 Å². The molecule has 1 fully saturated rings. The second-order valence-corrected chi connectivity index (χ2v) is 3.73. The van der Waals surface area contributed by atoms with Crippen LogP contribution in [0, 0.1) is 0 Å². The molecule has 1 aromatic rings. The molecule has 0 amide bonds. The highest BCUT2D eigenvalue weighted by Crippen LogP contribution is 2.18. The smallest absolute Gasteiger partial charge is 0.105 e. The van der Waals surface area contributed by atoms with E-state index in [9.17, 15) is 0 Å². The molecule has 2 unspecified atom stereocenters. The molecular weight excluding hydrogens is 178 g/mol. The molecule has 0 spiro atoms. The van der Waals surface area contributed by atoms with Crippen LogP contribution in [0.4, 0.5) is 0 Å². The Morgan fingerprint density at radius 3 is 3.14 bits per heavy atom. The molecule has 2 atom stereocenters. The topological polar surface area (TPSA) is 34.4 Å². The van der Waals surface area contributed by atoms with Gasteiger partial charge in [-0.05, 0) is 32.0 Å². The minimum absolute atomic E-state index is 0.352. The SMILES string of the molecule is CNC(Cc1ccco1)C1CCCO1. The average Bonchev–Trinajstić information content (AvgIpc) is 2.86. The van der Waals surface area contributed by atoms with Crippen LogP contribution in [-0.4, -0.2) is 25.8 Å². The van der Waals surface area contributed by atoms with Crippen LogP contribution in [0.25, 0.3) is 0 Å². The van der Waals surface area contributed by atoms with Crippen LogP contribution in [0.15, 0.2) is 22.8 Å². The molecule has 0 saturated carbocycles. The fourth-order valence-corrected chi connectivity index (χ4v) is 1.98. The van der Waals surface area contributed by atoms with E-state index in [2.05, 4.69) is 5.32 Å². The standard InChI is InChI=1S/C11H17NO2/c1-12-10(11-5-3-7-14-11)8-9-4-2-6-13-9/h2,4,6,10-12H,3,5,7-8H2,1H3. The van der Waals surface area contributed by atoms with Gasteiger partial charge in [0.05, 0.1) is 12.4 Å². The third-order valence-corrected chi connectivity index (χ3v) is 2.79. The molecule has 0 bridgehead atoms. The molecule has 1 saturated heterocycles. The van der Waals surface area contributed by atoms with Gasteiger partial charge in [-0.25, -0.2) is 0 Å². The van der Waals surface area contributed by atoms with Crippen molar-refractivity contribution in [2.45, 2.75) is 31.4 Å². The van der Waals surface area contributed by atoms with Gasteiger partial charge < -0.3 is 14.5 Å². The summed E-state index contributed by atoms with van der Waals surface area (Å²) in [6.07, 6.45) is 5.32. The van der Waals surface area contributed by atoms with Crippen molar-refractivity contribution in [3.63, 3.8) is 0 Å². The third kappa shape index (κ3) is 2.16. The van der Waals surface area contributed by atoms with E-state index in [0.717, 1.165) is 25.2 Å². The first-order chi connectivity index (χ1) is 6.90. The highest BCUT2D eigenvalue weighted by atomic mass is 16.5. The monoisotopic (exact) mass is 195 g/mol. The normalized spacial score (nSPS) is 23.9. The second kappa shape index (κ2) is 4.62. The molecule has 3 heteroatoms. The summed E-state index contributed by atoms with van der Waals surface area (Å²) < 4.78 is 11.0. The van der Waals surface area contributed by atoms with Gasteiger partial charge in [-0.15, -0.1) is 0 Å². The lowest BCUT2D eigenvalue weighted by molar-refractivity contribution is 0.0792. The zero-order valence-corrected chi connectivity index (χ0v) is 8.53. The molecule has 3 nitrogen and oxygen atoms in total. The summed E-state index contributed by atoms with van der Waals surface area (Å²) >= 11 is 0. The number of rotatable bonds is 4. The summed E-state index contributed by atoms with van der Waals surface area (Å²) in [4.78, 5) is 0. The quantitative estimate of drug-likeness (QED) is 0.792. The van der Waals surface area contributed by atoms with Crippen LogP contribution in [-0.2, 0) is 11.2 Å². The Labute approximate surface area is 84.4 Å². The van der Waals surface area contributed by atoms with Crippen molar-refractivity contribution in [1.29, 1.82) is 0 Å². The zero-order valence-electron chi connectivity index (χ0n) is 8.53. The first-order valence-electron chi connectivity index (χ1n) is 5.21. The Kier molecular flexibility index (Phi) is 3.22. The highest BCUT2D eigenvalue weighted by Gasteiger charge is 2.25. The van der Waals surface area contributed by atoms with Gasteiger partial charge in [-0.1, -0.05) is 0 Å². The number of ether oxygens (including phenoxy) is 1. The maximum absolute atomic E-state index is 5.65. The minimum atomic E-state index is 0.352. The van der Waals surface area contributed by atoms with Crippen molar-refractivity contribution >= 4 is 0 Å². The van der Waals surface area contributed by atoms with E-state index >= 15 is 0 Å². The van der Waals surface area contributed by atoms with E-state index in [1.54, 1.807) is 6.26 Å². The summed E-state index contributed by atoms with van der Waals surface area (Å²) in [5, 5.41) is 3.30. The lowest BCUT2D eigenvalue weighted by Crippen LogP contribution is -2.38. The molecule has 2 rings (SSSR count).